The summed E-state index contributed by atoms with van der Waals surface area (Å²) >= 11 is 0. The first-order chi connectivity index (χ1) is 14.2. The molecule has 6 nitrogen and oxygen atoms in total. The predicted molar refractivity (Wildman–Crippen MR) is 100 cm³/mol. The van der Waals surface area contributed by atoms with Gasteiger partial charge in [-0.2, -0.15) is 18.3 Å². The number of amides is 2. The fourth-order valence-electron chi connectivity index (χ4n) is 2.70. The second-order valence-electron chi connectivity index (χ2n) is 6.48. The minimum atomic E-state index is -4.52. The van der Waals surface area contributed by atoms with Crippen molar-refractivity contribution in [3.8, 4) is 5.75 Å². The number of carbonyl (C=O) groups is 2. The number of para-hydroxylation sites is 2. The van der Waals surface area contributed by atoms with E-state index in [-0.39, 0.29) is 42.4 Å². The van der Waals surface area contributed by atoms with Crippen molar-refractivity contribution < 1.29 is 31.9 Å². The molecular weight excluding hydrogens is 406 g/mol. The van der Waals surface area contributed by atoms with Crippen LogP contribution in [0.15, 0.2) is 53.6 Å². The van der Waals surface area contributed by atoms with Crippen LogP contribution < -0.4 is 10.1 Å². The molecule has 0 saturated carbocycles. The highest BCUT2D eigenvalue weighted by Crippen LogP contribution is 2.26. The molecule has 0 fully saturated rings. The van der Waals surface area contributed by atoms with E-state index in [1.165, 1.54) is 48.5 Å². The van der Waals surface area contributed by atoms with Crippen molar-refractivity contribution >= 4 is 23.2 Å². The molecule has 30 heavy (non-hydrogen) atoms. The number of anilines is 1. The van der Waals surface area contributed by atoms with Crippen LogP contribution in [0.5, 0.6) is 5.75 Å². The third-order valence-corrected chi connectivity index (χ3v) is 4.14. The van der Waals surface area contributed by atoms with Crippen LogP contribution in [0.25, 0.3) is 0 Å². The monoisotopic (exact) mass is 423 g/mol. The van der Waals surface area contributed by atoms with E-state index in [4.69, 9.17) is 4.74 Å². The van der Waals surface area contributed by atoms with Crippen LogP contribution >= 0.6 is 0 Å². The Morgan fingerprint density at radius 2 is 1.80 bits per heavy atom. The molecule has 0 spiro atoms. The predicted octanol–water partition coefficient (Wildman–Crippen LogP) is 3.88. The van der Waals surface area contributed by atoms with Gasteiger partial charge in [0.2, 0.25) is 5.91 Å². The molecule has 0 aromatic heterocycles. The number of halogens is 4. The van der Waals surface area contributed by atoms with Crippen LogP contribution in [-0.2, 0) is 16.1 Å². The number of nitrogens with one attached hydrogen (secondary N) is 1. The van der Waals surface area contributed by atoms with Crippen LogP contribution in [-0.4, -0.2) is 35.3 Å². The first kappa shape index (κ1) is 21.3. The maximum Gasteiger partial charge on any atom is 0.422 e. The number of nitrogens with zero attached hydrogens (tertiary/aromatic N) is 2. The van der Waals surface area contributed by atoms with Gasteiger partial charge >= 0.3 is 6.18 Å². The van der Waals surface area contributed by atoms with E-state index in [1.54, 1.807) is 0 Å². The van der Waals surface area contributed by atoms with Gasteiger partial charge in [-0.25, -0.2) is 9.40 Å². The zero-order valence-corrected chi connectivity index (χ0v) is 15.6. The molecule has 10 heteroatoms. The van der Waals surface area contributed by atoms with Crippen molar-refractivity contribution in [3.63, 3.8) is 0 Å². The van der Waals surface area contributed by atoms with Crippen molar-refractivity contribution in [1.29, 1.82) is 0 Å². The maximum atomic E-state index is 13.0. The molecule has 2 amide bonds. The zero-order chi connectivity index (χ0) is 21.7. The highest BCUT2D eigenvalue weighted by Gasteiger charge is 2.29. The Bertz CT molecular complexity index is 959. The fourth-order valence-corrected chi connectivity index (χ4v) is 2.70. The van der Waals surface area contributed by atoms with Gasteiger partial charge < -0.3 is 10.1 Å². The molecule has 1 heterocycles. The van der Waals surface area contributed by atoms with Crippen LogP contribution in [0.2, 0.25) is 0 Å². The number of hydrazone groups is 1. The Morgan fingerprint density at radius 3 is 2.50 bits per heavy atom. The van der Waals surface area contributed by atoms with Gasteiger partial charge in [-0.05, 0) is 29.8 Å². The zero-order valence-electron chi connectivity index (χ0n) is 15.6. The molecule has 1 N–H and O–H groups in total. The van der Waals surface area contributed by atoms with E-state index in [0.29, 0.717) is 5.56 Å². The smallest absolute Gasteiger partial charge is 0.422 e. The van der Waals surface area contributed by atoms with Crippen LogP contribution in [0.3, 0.4) is 0 Å². The molecule has 2 aromatic rings. The maximum absolute atomic E-state index is 13.0. The van der Waals surface area contributed by atoms with Gasteiger partial charge in [0.15, 0.2) is 6.61 Å². The first-order valence-corrected chi connectivity index (χ1v) is 8.93. The fraction of sp³-hybridized carbons (Fsp3) is 0.250. The van der Waals surface area contributed by atoms with Gasteiger partial charge in [0.25, 0.3) is 5.91 Å². The lowest BCUT2D eigenvalue weighted by atomic mass is 10.1. The van der Waals surface area contributed by atoms with E-state index < -0.39 is 24.5 Å². The number of hydrogen-bond acceptors (Lipinski definition) is 4. The van der Waals surface area contributed by atoms with E-state index >= 15 is 0 Å². The van der Waals surface area contributed by atoms with Crippen molar-refractivity contribution in [3.05, 3.63) is 59.9 Å². The van der Waals surface area contributed by atoms with Crippen molar-refractivity contribution in [2.75, 3.05) is 11.9 Å². The lowest BCUT2D eigenvalue weighted by Gasteiger charge is -2.23. The average molecular weight is 423 g/mol. The quantitative estimate of drug-likeness (QED) is 0.717. The lowest BCUT2D eigenvalue weighted by Crippen LogP contribution is -2.36. The Labute approximate surface area is 169 Å². The van der Waals surface area contributed by atoms with Crippen molar-refractivity contribution in [2.24, 2.45) is 5.10 Å². The highest BCUT2D eigenvalue weighted by atomic mass is 19.4. The number of benzene rings is 2. The number of hydrogen-bond donors (Lipinski definition) is 1. The molecule has 0 radical (unpaired) electrons. The van der Waals surface area contributed by atoms with Crippen LogP contribution in [0, 0.1) is 5.82 Å². The SMILES string of the molecule is O=C(Nc1ccccc1OCC(F)(F)F)C1=NN(Cc2ccc(F)cc2)C(=O)CC1. The summed E-state index contributed by atoms with van der Waals surface area (Å²) in [5, 5.41) is 7.65. The second kappa shape index (κ2) is 8.93. The molecule has 3 rings (SSSR count). The lowest BCUT2D eigenvalue weighted by molar-refractivity contribution is -0.153. The number of carbonyl (C=O) groups excluding carboxylic acids is 2. The standard InChI is InChI=1S/C20H17F4N3O3/c21-14-7-5-13(6-8-14)11-27-18(28)10-9-16(26-27)19(29)25-15-3-1-2-4-17(15)30-12-20(22,23)24/h1-8H,9-12H2,(H,25,29). The Balaban J connectivity index is 1.72. The van der Waals surface area contributed by atoms with E-state index in [0.717, 1.165) is 5.01 Å². The highest BCUT2D eigenvalue weighted by molar-refractivity contribution is 6.43. The van der Waals surface area contributed by atoms with E-state index in [2.05, 4.69) is 10.4 Å². The average Bonchev–Trinajstić information content (AvgIpc) is 2.70. The summed E-state index contributed by atoms with van der Waals surface area (Å²) in [4.78, 5) is 24.7. The third kappa shape index (κ3) is 5.79. The van der Waals surface area contributed by atoms with Crippen LogP contribution in [0.4, 0.5) is 23.2 Å². The molecule has 0 atom stereocenters. The van der Waals surface area contributed by atoms with Crippen molar-refractivity contribution in [2.45, 2.75) is 25.6 Å². The van der Waals surface area contributed by atoms with Crippen molar-refractivity contribution in [1.82, 2.24) is 5.01 Å². The number of ether oxygens (including phenoxy) is 1. The Hall–Kier alpha value is -3.43. The minimum Gasteiger partial charge on any atom is -0.482 e. The van der Waals surface area contributed by atoms with Gasteiger partial charge in [-0.15, -0.1) is 0 Å². The third-order valence-electron chi connectivity index (χ3n) is 4.14. The summed E-state index contributed by atoms with van der Waals surface area (Å²) in [6, 6.07) is 11.2. The molecule has 1 aliphatic heterocycles. The molecule has 1 aliphatic rings. The summed E-state index contributed by atoms with van der Waals surface area (Å²) in [5.41, 5.74) is 0.722. The summed E-state index contributed by atoms with van der Waals surface area (Å²) < 4.78 is 55.0. The molecule has 0 saturated heterocycles. The molecule has 2 aromatic carbocycles. The van der Waals surface area contributed by atoms with Gasteiger partial charge in [-0.1, -0.05) is 24.3 Å². The Kier molecular flexibility index (Phi) is 6.34. The minimum absolute atomic E-state index is 0.0413. The van der Waals surface area contributed by atoms with Gasteiger partial charge in [0.1, 0.15) is 17.3 Å². The van der Waals surface area contributed by atoms with Crippen LogP contribution in [0.1, 0.15) is 18.4 Å². The summed E-state index contributed by atoms with van der Waals surface area (Å²) in [7, 11) is 0. The molecule has 0 unspecified atom stereocenters. The Morgan fingerprint density at radius 1 is 1.10 bits per heavy atom. The van der Waals surface area contributed by atoms with Gasteiger partial charge in [0.05, 0.1) is 12.2 Å². The number of rotatable bonds is 6. The summed E-state index contributed by atoms with van der Waals surface area (Å²) in [6.07, 6.45) is -4.40. The van der Waals surface area contributed by atoms with E-state index in [9.17, 15) is 27.2 Å². The summed E-state index contributed by atoms with van der Waals surface area (Å²) in [5.74, 6) is -1.52. The molecule has 158 valence electrons. The molecular formula is C20H17F4N3O3. The number of alkyl halides is 3. The van der Waals surface area contributed by atoms with Gasteiger partial charge in [0, 0.05) is 12.8 Å². The van der Waals surface area contributed by atoms with Gasteiger partial charge in [-0.3, -0.25) is 9.59 Å². The van der Waals surface area contributed by atoms with E-state index in [1.807, 2.05) is 0 Å². The largest absolute Gasteiger partial charge is 0.482 e. The molecule has 0 aliphatic carbocycles. The topological polar surface area (TPSA) is 71.0 Å². The molecule has 0 bridgehead atoms. The summed E-state index contributed by atoms with van der Waals surface area (Å²) in [6.45, 7) is -1.44. The second-order valence-corrected chi connectivity index (χ2v) is 6.48. The first-order valence-electron chi connectivity index (χ1n) is 8.93. The normalized spacial score (nSPS) is 14.3.